The first kappa shape index (κ1) is 12.2. The fourth-order valence-corrected chi connectivity index (χ4v) is 2.71. The van der Waals surface area contributed by atoms with E-state index in [-0.39, 0.29) is 0 Å². The predicted molar refractivity (Wildman–Crippen MR) is 76.1 cm³/mol. The van der Waals surface area contributed by atoms with E-state index >= 15 is 0 Å². The maximum atomic E-state index is 11.3. The summed E-state index contributed by atoms with van der Waals surface area (Å²) in [7, 11) is 0. The average molecular weight is 254 g/mol. The molecule has 2 aromatic rings. The van der Waals surface area contributed by atoms with Crippen molar-refractivity contribution in [2.75, 3.05) is 0 Å². The van der Waals surface area contributed by atoms with Gasteiger partial charge in [0.15, 0.2) is 0 Å². The third-order valence-corrected chi connectivity index (χ3v) is 3.77. The number of aryl methyl sites for hydroxylation is 1. The summed E-state index contributed by atoms with van der Waals surface area (Å²) in [4.78, 5) is 11.3. The van der Waals surface area contributed by atoms with E-state index in [4.69, 9.17) is 5.10 Å². The van der Waals surface area contributed by atoms with Gasteiger partial charge in [0, 0.05) is 31.2 Å². The number of benzene rings is 1. The van der Waals surface area contributed by atoms with Gasteiger partial charge in [-0.05, 0) is 19.4 Å². The van der Waals surface area contributed by atoms with Crippen LogP contribution in [0.25, 0.3) is 10.9 Å². The lowest BCUT2D eigenvalue weighted by atomic mass is 9.94. The number of fused-ring (bicyclic) bond motifs is 1. The molecule has 1 aliphatic carbocycles. The largest absolute Gasteiger partial charge is 0.299 e. The fourth-order valence-electron chi connectivity index (χ4n) is 2.71. The summed E-state index contributed by atoms with van der Waals surface area (Å²) in [6.07, 6.45) is 5.15. The third kappa shape index (κ3) is 2.33. The van der Waals surface area contributed by atoms with Crippen LogP contribution in [0.3, 0.4) is 0 Å². The van der Waals surface area contributed by atoms with Gasteiger partial charge in [0.2, 0.25) is 0 Å². The van der Waals surface area contributed by atoms with Gasteiger partial charge in [0.1, 0.15) is 5.78 Å². The van der Waals surface area contributed by atoms with Crippen LogP contribution in [0.4, 0.5) is 0 Å². The van der Waals surface area contributed by atoms with Gasteiger partial charge in [-0.3, -0.25) is 9.48 Å². The molecule has 0 fully saturated rings. The van der Waals surface area contributed by atoms with Crippen LogP contribution >= 0.6 is 0 Å². The van der Waals surface area contributed by atoms with E-state index in [0.29, 0.717) is 18.6 Å². The van der Waals surface area contributed by atoms with E-state index in [1.54, 1.807) is 0 Å². The van der Waals surface area contributed by atoms with E-state index in [9.17, 15) is 4.79 Å². The molecule has 0 saturated carbocycles. The number of para-hydroxylation sites is 1. The minimum atomic E-state index is 0.354. The van der Waals surface area contributed by atoms with Gasteiger partial charge < -0.3 is 0 Å². The van der Waals surface area contributed by atoms with Crippen LogP contribution in [0.2, 0.25) is 0 Å². The Bertz CT molecular complexity index is 652. The molecule has 1 aliphatic rings. The number of allylic oxidation sites excluding steroid dienone is 2. The molecular formula is C16H18N2O. The topological polar surface area (TPSA) is 34.9 Å². The zero-order chi connectivity index (χ0) is 13.2. The van der Waals surface area contributed by atoms with E-state index in [2.05, 4.69) is 41.9 Å². The van der Waals surface area contributed by atoms with Gasteiger partial charge in [-0.2, -0.15) is 5.10 Å². The van der Waals surface area contributed by atoms with Gasteiger partial charge in [-0.1, -0.05) is 29.8 Å². The van der Waals surface area contributed by atoms with E-state index in [1.165, 1.54) is 16.5 Å². The van der Waals surface area contributed by atoms with Crippen LogP contribution in [0, 0.1) is 0 Å². The molecule has 3 nitrogen and oxygen atoms in total. The smallest absolute Gasteiger partial charge is 0.136 e. The Morgan fingerprint density at radius 1 is 1.26 bits per heavy atom. The highest BCUT2D eigenvalue weighted by molar-refractivity contribution is 5.83. The Labute approximate surface area is 112 Å². The summed E-state index contributed by atoms with van der Waals surface area (Å²) < 4.78 is 2.05. The number of nitrogens with zero attached hydrogens (tertiary/aromatic N) is 2. The Morgan fingerprint density at radius 3 is 2.84 bits per heavy atom. The quantitative estimate of drug-likeness (QED) is 0.788. The van der Waals surface area contributed by atoms with Crippen molar-refractivity contribution in [1.82, 2.24) is 9.78 Å². The zero-order valence-corrected chi connectivity index (χ0v) is 11.2. The summed E-state index contributed by atoms with van der Waals surface area (Å²) in [6.45, 7) is 3.00. The van der Waals surface area contributed by atoms with Crippen molar-refractivity contribution >= 4 is 16.7 Å². The Hall–Kier alpha value is -1.90. The van der Waals surface area contributed by atoms with E-state index < -0.39 is 0 Å². The average Bonchev–Trinajstić information content (AvgIpc) is 2.80. The number of rotatable bonds is 3. The molecule has 0 amide bonds. The second-order valence-corrected chi connectivity index (χ2v) is 5.06. The fraction of sp³-hybridized carbons (Fsp3) is 0.375. The summed E-state index contributed by atoms with van der Waals surface area (Å²) in [5.41, 5.74) is 3.69. The number of ketones is 1. The molecule has 0 saturated heterocycles. The van der Waals surface area contributed by atoms with Crippen molar-refractivity contribution in [2.24, 2.45) is 0 Å². The maximum Gasteiger partial charge on any atom is 0.136 e. The first-order valence-electron chi connectivity index (χ1n) is 6.92. The summed E-state index contributed by atoms with van der Waals surface area (Å²) in [5, 5.41) is 5.95. The molecule has 0 unspecified atom stereocenters. The number of hydrogen-bond acceptors (Lipinski definition) is 2. The van der Waals surface area contributed by atoms with Gasteiger partial charge in [0.25, 0.3) is 0 Å². The summed E-state index contributed by atoms with van der Waals surface area (Å²) in [6, 6.07) is 8.37. The molecule has 1 aromatic heterocycles. The molecule has 0 bridgehead atoms. The van der Waals surface area contributed by atoms with Crippen molar-refractivity contribution in [3.05, 3.63) is 41.6 Å². The molecule has 3 rings (SSSR count). The molecular weight excluding hydrogens is 236 g/mol. The van der Waals surface area contributed by atoms with Gasteiger partial charge in [-0.15, -0.1) is 0 Å². The van der Waals surface area contributed by atoms with Crippen LogP contribution in [0.15, 0.2) is 35.9 Å². The first-order valence-corrected chi connectivity index (χ1v) is 6.92. The van der Waals surface area contributed by atoms with Gasteiger partial charge in [0.05, 0.1) is 11.2 Å². The molecule has 19 heavy (non-hydrogen) atoms. The predicted octanol–water partition coefficient (Wildman–Crippen LogP) is 3.28. The summed E-state index contributed by atoms with van der Waals surface area (Å²) >= 11 is 0. The molecule has 3 heteroatoms. The monoisotopic (exact) mass is 254 g/mol. The standard InChI is InChI=1S/C16H18N2O/c1-2-18-16-6-4-3-5-14(16)15(17-18)11-12-7-9-13(19)10-8-12/h3-7H,2,8-11H2,1H3. The Balaban J connectivity index is 1.95. The van der Waals surface area contributed by atoms with Crippen molar-refractivity contribution < 1.29 is 4.79 Å². The first-order chi connectivity index (χ1) is 9.28. The zero-order valence-electron chi connectivity index (χ0n) is 11.2. The van der Waals surface area contributed by atoms with Gasteiger partial charge in [-0.25, -0.2) is 0 Å². The van der Waals surface area contributed by atoms with Crippen LogP contribution in [0.1, 0.15) is 31.9 Å². The normalized spacial score (nSPS) is 15.8. The van der Waals surface area contributed by atoms with Gasteiger partial charge >= 0.3 is 0 Å². The van der Waals surface area contributed by atoms with Crippen LogP contribution in [0.5, 0.6) is 0 Å². The lowest BCUT2D eigenvalue weighted by Crippen LogP contribution is -2.06. The lowest BCUT2D eigenvalue weighted by Gasteiger charge is -2.10. The number of carbonyl (C=O) groups is 1. The van der Waals surface area contributed by atoms with Crippen molar-refractivity contribution in [1.29, 1.82) is 0 Å². The Kier molecular flexibility index (Phi) is 3.20. The third-order valence-electron chi connectivity index (χ3n) is 3.77. The minimum Gasteiger partial charge on any atom is -0.299 e. The minimum absolute atomic E-state index is 0.354. The highest BCUT2D eigenvalue weighted by Gasteiger charge is 2.14. The summed E-state index contributed by atoms with van der Waals surface area (Å²) in [5.74, 6) is 0.354. The molecule has 0 atom stereocenters. The maximum absolute atomic E-state index is 11.3. The molecule has 98 valence electrons. The SMILES string of the molecule is CCn1nc(CC2=CCC(=O)CC2)c2ccccc21. The highest BCUT2D eigenvalue weighted by Crippen LogP contribution is 2.24. The van der Waals surface area contributed by atoms with Crippen LogP contribution < -0.4 is 0 Å². The van der Waals surface area contributed by atoms with E-state index in [0.717, 1.165) is 25.1 Å². The molecule has 0 N–H and O–H groups in total. The number of Topliss-reactive ketones (excluding diaryl/α,β-unsaturated/α-hetero) is 1. The second-order valence-electron chi connectivity index (χ2n) is 5.06. The highest BCUT2D eigenvalue weighted by atomic mass is 16.1. The van der Waals surface area contributed by atoms with E-state index in [1.807, 2.05) is 0 Å². The van der Waals surface area contributed by atoms with Crippen LogP contribution in [-0.2, 0) is 17.8 Å². The van der Waals surface area contributed by atoms with Crippen molar-refractivity contribution in [3.63, 3.8) is 0 Å². The second kappa shape index (κ2) is 5.00. The van der Waals surface area contributed by atoms with Crippen LogP contribution in [-0.4, -0.2) is 15.6 Å². The van der Waals surface area contributed by atoms with Crippen molar-refractivity contribution in [2.45, 2.75) is 39.2 Å². The molecule has 0 aliphatic heterocycles. The Morgan fingerprint density at radius 2 is 2.11 bits per heavy atom. The molecule has 1 heterocycles. The molecule has 0 radical (unpaired) electrons. The number of aromatic nitrogens is 2. The number of carbonyl (C=O) groups excluding carboxylic acids is 1. The molecule has 1 aromatic carbocycles. The molecule has 0 spiro atoms. The van der Waals surface area contributed by atoms with Crippen molar-refractivity contribution in [3.8, 4) is 0 Å². The lowest BCUT2D eigenvalue weighted by molar-refractivity contribution is -0.118. The number of hydrogen-bond donors (Lipinski definition) is 0.